The molecule has 2 atom stereocenters. The molecule has 2 heterocycles. The molecule has 0 spiro atoms. The second-order valence-electron chi connectivity index (χ2n) is 4.75. The standard InChI is InChI=1S/C11H19N3O4/c15-10(16)7-18-13-11(17)12-8-4-6-14-5-2-1-3-9(8)14/h8-9H,1-7H2,(H,15,16)(H2,12,13,17). The van der Waals surface area contributed by atoms with Gasteiger partial charge in [-0.15, -0.1) is 0 Å². The number of rotatable bonds is 4. The number of carbonyl (C=O) groups excluding carboxylic acids is 1. The van der Waals surface area contributed by atoms with Gasteiger partial charge in [-0.1, -0.05) is 6.42 Å². The summed E-state index contributed by atoms with van der Waals surface area (Å²) >= 11 is 0. The van der Waals surface area contributed by atoms with E-state index in [0.29, 0.717) is 6.04 Å². The molecule has 7 heteroatoms. The van der Waals surface area contributed by atoms with Crippen molar-refractivity contribution in [2.45, 2.75) is 37.8 Å². The van der Waals surface area contributed by atoms with Crippen molar-refractivity contribution in [3.63, 3.8) is 0 Å². The summed E-state index contributed by atoms with van der Waals surface area (Å²) in [4.78, 5) is 28.6. The third-order valence-corrected chi connectivity index (χ3v) is 3.53. The first-order chi connectivity index (χ1) is 8.66. The van der Waals surface area contributed by atoms with E-state index in [9.17, 15) is 9.59 Å². The molecule has 0 radical (unpaired) electrons. The number of urea groups is 1. The van der Waals surface area contributed by atoms with Crippen LogP contribution in [0.25, 0.3) is 0 Å². The van der Waals surface area contributed by atoms with E-state index in [0.717, 1.165) is 25.9 Å². The molecule has 2 saturated heterocycles. The van der Waals surface area contributed by atoms with Crippen molar-refractivity contribution in [1.29, 1.82) is 0 Å². The van der Waals surface area contributed by atoms with Gasteiger partial charge in [0.2, 0.25) is 0 Å². The number of fused-ring (bicyclic) bond motifs is 1. The van der Waals surface area contributed by atoms with Crippen LogP contribution in [0.1, 0.15) is 25.7 Å². The van der Waals surface area contributed by atoms with Crippen LogP contribution in [0.15, 0.2) is 0 Å². The third kappa shape index (κ3) is 3.33. The quantitative estimate of drug-likeness (QED) is 0.613. The molecule has 0 aromatic rings. The molecule has 2 amide bonds. The number of carbonyl (C=O) groups is 2. The number of nitrogens with one attached hydrogen (secondary N) is 2. The van der Waals surface area contributed by atoms with Gasteiger partial charge in [0.05, 0.1) is 0 Å². The van der Waals surface area contributed by atoms with Gasteiger partial charge >= 0.3 is 12.0 Å². The van der Waals surface area contributed by atoms with Crippen LogP contribution >= 0.6 is 0 Å². The number of hydrogen-bond donors (Lipinski definition) is 3. The fourth-order valence-electron chi connectivity index (χ4n) is 2.78. The van der Waals surface area contributed by atoms with Crippen LogP contribution in [0.2, 0.25) is 0 Å². The molecule has 0 aliphatic carbocycles. The predicted octanol–water partition coefficient (Wildman–Crippen LogP) is -0.0714. The number of hydrogen-bond acceptors (Lipinski definition) is 4. The molecule has 3 N–H and O–H groups in total. The van der Waals surface area contributed by atoms with Crippen LogP contribution in [0.4, 0.5) is 4.79 Å². The Labute approximate surface area is 105 Å². The van der Waals surface area contributed by atoms with Gasteiger partial charge < -0.3 is 10.4 Å². The molecule has 0 aromatic heterocycles. The zero-order valence-corrected chi connectivity index (χ0v) is 10.2. The van der Waals surface area contributed by atoms with Crippen LogP contribution in [0.3, 0.4) is 0 Å². The van der Waals surface area contributed by atoms with Gasteiger partial charge in [-0.3, -0.25) is 9.74 Å². The number of amides is 2. The van der Waals surface area contributed by atoms with Crippen LogP contribution in [-0.2, 0) is 9.63 Å². The van der Waals surface area contributed by atoms with Gasteiger partial charge in [0.1, 0.15) is 0 Å². The summed E-state index contributed by atoms with van der Waals surface area (Å²) in [6.45, 7) is 1.60. The lowest BCUT2D eigenvalue weighted by Crippen LogP contribution is -2.49. The van der Waals surface area contributed by atoms with Gasteiger partial charge in [-0.05, 0) is 25.8 Å². The maximum atomic E-state index is 11.5. The highest BCUT2D eigenvalue weighted by Crippen LogP contribution is 2.26. The van der Waals surface area contributed by atoms with Crippen molar-refractivity contribution in [3.8, 4) is 0 Å². The number of piperidine rings is 1. The monoisotopic (exact) mass is 257 g/mol. The average molecular weight is 257 g/mol. The lowest BCUT2D eigenvalue weighted by molar-refractivity contribution is -0.144. The first kappa shape index (κ1) is 13.1. The minimum absolute atomic E-state index is 0.138. The highest BCUT2D eigenvalue weighted by atomic mass is 16.7. The summed E-state index contributed by atoms with van der Waals surface area (Å²) in [6.07, 6.45) is 4.49. The first-order valence-corrected chi connectivity index (χ1v) is 6.31. The van der Waals surface area contributed by atoms with E-state index in [1.807, 2.05) is 0 Å². The first-order valence-electron chi connectivity index (χ1n) is 6.31. The Balaban J connectivity index is 1.72. The van der Waals surface area contributed by atoms with Crippen LogP contribution < -0.4 is 10.8 Å². The Hall–Kier alpha value is -1.34. The van der Waals surface area contributed by atoms with Gasteiger partial charge in [0, 0.05) is 18.6 Å². The van der Waals surface area contributed by atoms with Gasteiger partial charge in [-0.25, -0.2) is 15.1 Å². The zero-order chi connectivity index (χ0) is 13.0. The van der Waals surface area contributed by atoms with Gasteiger partial charge in [-0.2, -0.15) is 0 Å². The molecule has 0 bridgehead atoms. The van der Waals surface area contributed by atoms with E-state index < -0.39 is 18.6 Å². The largest absolute Gasteiger partial charge is 0.479 e. The highest BCUT2D eigenvalue weighted by Gasteiger charge is 2.36. The molecule has 2 rings (SSSR count). The number of carboxylic acids is 1. The fourth-order valence-corrected chi connectivity index (χ4v) is 2.78. The molecule has 2 unspecified atom stereocenters. The van der Waals surface area contributed by atoms with Crippen LogP contribution in [0.5, 0.6) is 0 Å². The summed E-state index contributed by atoms with van der Waals surface area (Å²) < 4.78 is 0. The van der Waals surface area contributed by atoms with Crippen LogP contribution in [0, 0.1) is 0 Å². The van der Waals surface area contributed by atoms with Crippen molar-refractivity contribution in [2.75, 3.05) is 19.7 Å². The van der Waals surface area contributed by atoms with E-state index >= 15 is 0 Å². The number of nitrogens with zero attached hydrogens (tertiary/aromatic N) is 1. The molecular weight excluding hydrogens is 238 g/mol. The molecule has 7 nitrogen and oxygen atoms in total. The summed E-state index contributed by atoms with van der Waals surface area (Å²) in [7, 11) is 0. The van der Waals surface area contributed by atoms with Crippen molar-refractivity contribution in [3.05, 3.63) is 0 Å². The second-order valence-corrected chi connectivity index (χ2v) is 4.75. The summed E-state index contributed by atoms with van der Waals surface area (Å²) in [5, 5.41) is 11.2. The fraction of sp³-hybridized carbons (Fsp3) is 0.818. The smallest absolute Gasteiger partial charge is 0.338 e. The summed E-state index contributed by atoms with van der Waals surface area (Å²) in [6, 6.07) is 0.0939. The number of carboxylic acid groups (broad SMARTS) is 1. The summed E-state index contributed by atoms with van der Waals surface area (Å²) in [5.41, 5.74) is 2.09. The van der Waals surface area contributed by atoms with Crippen molar-refractivity contribution >= 4 is 12.0 Å². The van der Waals surface area contributed by atoms with E-state index in [4.69, 9.17) is 5.11 Å². The Kier molecular flexibility index (Phi) is 4.38. The van der Waals surface area contributed by atoms with Crippen molar-refractivity contribution in [1.82, 2.24) is 15.7 Å². The molecule has 102 valence electrons. The second kappa shape index (κ2) is 6.01. The van der Waals surface area contributed by atoms with Crippen LogP contribution in [-0.4, -0.2) is 53.8 Å². The molecule has 0 aromatic carbocycles. The Morgan fingerprint density at radius 1 is 1.28 bits per heavy atom. The Bertz CT molecular complexity index is 323. The third-order valence-electron chi connectivity index (χ3n) is 3.53. The minimum Gasteiger partial charge on any atom is -0.479 e. The van der Waals surface area contributed by atoms with Gasteiger partial charge in [0.25, 0.3) is 0 Å². The van der Waals surface area contributed by atoms with E-state index in [1.165, 1.54) is 12.8 Å². The molecule has 2 aliphatic heterocycles. The maximum absolute atomic E-state index is 11.5. The number of hydroxylamine groups is 1. The average Bonchev–Trinajstić information content (AvgIpc) is 2.72. The van der Waals surface area contributed by atoms with E-state index in [-0.39, 0.29) is 6.04 Å². The Morgan fingerprint density at radius 3 is 2.89 bits per heavy atom. The topological polar surface area (TPSA) is 90.9 Å². The molecule has 2 aliphatic rings. The summed E-state index contributed by atoms with van der Waals surface area (Å²) in [5.74, 6) is -1.12. The lowest BCUT2D eigenvalue weighted by Gasteiger charge is -2.32. The van der Waals surface area contributed by atoms with E-state index in [1.54, 1.807) is 0 Å². The van der Waals surface area contributed by atoms with E-state index in [2.05, 4.69) is 20.5 Å². The van der Waals surface area contributed by atoms with Gasteiger partial charge in [0.15, 0.2) is 6.61 Å². The molecular formula is C11H19N3O4. The normalized spacial score (nSPS) is 27.6. The SMILES string of the molecule is O=C(O)CONC(=O)NC1CCN2CCCCC12. The van der Waals surface area contributed by atoms with Crippen molar-refractivity contribution in [2.24, 2.45) is 0 Å². The number of aliphatic carboxylic acids is 1. The Morgan fingerprint density at radius 2 is 2.11 bits per heavy atom. The lowest BCUT2D eigenvalue weighted by atomic mass is 9.99. The molecule has 0 saturated carbocycles. The predicted molar refractivity (Wildman–Crippen MR) is 62.9 cm³/mol. The maximum Gasteiger partial charge on any atom is 0.338 e. The zero-order valence-electron chi connectivity index (χ0n) is 10.2. The highest BCUT2D eigenvalue weighted by molar-refractivity contribution is 5.73. The minimum atomic E-state index is -1.12. The molecule has 2 fully saturated rings. The van der Waals surface area contributed by atoms with Crippen molar-refractivity contribution < 1.29 is 19.5 Å². The molecule has 18 heavy (non-hydrogen) atoms.